The summed E-state index contributed by atoms with van der Waals surface area (Å²) in [6.07, 6.45) is 0.948. The fourth-order valence-corrected chi connectivity index (χ4v) is 2.79. The van der Waals surface area contributed by atoms with E-state index in [0.717, 1.165) is 34.9 Å². The Hall–Kier alpha value is -2.29. The molecule has 2 N–H and O–H groups in total. The van der Waals surface area contributed by atoms with Crippen molar-refractivity contribution in [2.24, 2.45) is 4.99 Å². The average Bonchev–Trinajstić information content (AvgIpc) is 2.52. The van der Waals surface area contributed by atoms with E-state index in [9.17, 15) is 0 Å². The summed E-state index contributed by atoms with van der Waals surface area (Å²) in [7, 11) is 0. The maximum atomic E-state index is 4.71. The van der Waals surface area contributed by atoms with E-state index in [1.165, 1.54) is 0 Å². The molecule has 1 aliphatic heterocycles. The van der Waals surface area contributed by atoms with Crippen LogP contribution in [0.3, 0.4) is 0 Å². The molecular weight excluding hydrogens is 258 g/mol. The van der Waals surface area contributed by atoms with E-state index in [4.69, 9.17) is 4.99 Å². The molecule has 0 bridgehead atoms. The first-order valence-electron chi connectivity index (χ1n) is 7.30. The van der Waals surface area contributed by atoms with Gasteiger partial charge in [0.2, 0.25) is 0 Å². The van der Waals surface area contributed by atoms with Crippen LogP contribution in [0.2, 0.25) is 0 Å². The summed E-state index contributed by atoms with van der Waals surface area (Å²) in [5, 5.41) is 7.03. The van der Waals surface area contributed by atoms with E-state index in [0.29, 0.717) is 0 Å². The number of para-hydroxylation sites is 1. The van der Waals surface area contributed by atoms with Gasteiger partial charge in [-0.3, -0.25) is 4.99 Å². The number of hydrogen-bond donors (Lipinski definition) is 2. The standard InChI is InChI=1S/C18H21N3/c1-13-12-18(2,3)21-17-11-15(9-10-16(17)19-13)20-14-7-5-4-6-8-14/h4-11,20-21H,12H2,1-3H3. The first kappa shape index (κ1) is 13.7. The van der Waals surface area contributed by atoms with Crippen LogP contribution in [0.5, 0.6) is 0 Å². The molecule has 0 aromatic heterocycles. The molecule has 0 unspecified atom stereocenters. The minimum absolute atomic E-state index is 0.0181. The molecule has 2 aromatic carbocycles. The van der Waals surface area contributed by atoms with E-state index >= 15 is 0 Å². The molecule has 2 aromatic rings. The quantitative estimate of drug-likeness (QED) is 0.800. The second-order valence-corrected chi connectivity index (χ2v) is 6.26. The summed E-state index contributed by atoms with van der Waals surface area (Å²) < 4.78 is 0. The Balaban J connectivity index is 1.93. The number of anilines is 3. The summed E-state index contributed by atoms with van der Waals surface area (Å²) in [5.74, 6) is 0. The predicted octanol–water partition coefficient (Wildman–Crippen LogP) is 5.12. The molecule has 1 heterocycles. The highest BCUT2D eigenvalue weighted by molar-refractivity contribution is 5.90. The molecule has 0 radical (unpaired) electrons. The number of nitrogens with zero attached hydrogens (tertiary/aromatic N) is 1. The molecule has 1 aliphatic rings. The van der Waals surface area contributed by atoms with Crippen LogP contribution in [0.15, 0.2) is 53.5 Å². The molecule has 0 fully saturated rings. The number of nitrogens with one attached hydrogen (secondary N) is 2. The smallest absolute Gasteiger partial charge is 0.0861 e. The number of rotatable bonds is 2. The van der Waals surface area contributed by atoms with Gasteiger partial charge in [0.1, 0.15) is 0 Å². The summed E-state index contributed by atoms with van der Waals surface area (Å²) in [5.41, 5.74) is 5.43. The lowest BCUT2D eigenvalue weighted by Crippen LogP contribution is -2.31. The highest BCUT2D eigenvalue weighted by Crippen LogP contribution is 2.35. The highest BCUT2D eigenvalue weighted by atomic mass is 15.0. The minimum Gasteiger partial charge on any atom is -0.378 e. The fourth-order valence-electron chi connectivity index (χ4n) is 2.79. The van der Waals surface area contributed by atoms with Crippen molar-refractivity contribution >= 4 is 28.5 Å². The number of benzene rings is 2. The Morgan fingerprint density at radius 3 is 2.57 bits per heavy atom. The maximum absolute atomic E-state index is 4.71. The van der Waals surface area contributed by atoms with Crippen LogP contribution in [-0.4, -0.2) is 11.3 Å². The van der Waals surface area contributed by atoms with E-state index in [-0.39, 0.29) is 5.54 Å². The van der Waals surface area contributed by atoms with Gasteiger partial charge in [0.05, 0.1) is 11.4 Å². The first-order chi connectivity index (χ1) is 10.0. The Morgan fingerprint density at radius 2 is 1.81 bits per heavy atom. The van der Waals surface area contributed by atoms with Crippen molar-refractivity contribution in [2.45, 2.75) is 32.7 Å². The topological polar surface area (TPSA) is 36.4 Å². The molecule has 0 saturated carbocycles. The van der Waals surface area contributed by atoms with E-state index < -0.39 is 0 Å². The lowest BCUT2D eigenvalue weighted by atomic mass is 9.98. The molecule has 3 heteroatoms. The van der Waals surface area contributed by atoms with Gasteiger partial charge in [0.25, 0.3) is 0 Å². The van der Waals surface area contributed by atoms with Gasteiger partial charge in [-0.15, -0.1) is 0 Å². The Labute approximate surface area is 126 Å². The van der Waals surface area contributed by atoms with Gasteiger partial charge >= 0.3 is 0 Å². The molecule has 3 nitrogen and oxygen atoms in total. The van der Waals surface area contributed by atoms with Gasteiger partial charge in [-0.25, -0.2) is 0 Å². The van der Waals surface area contributed by atoms with Crippen LogP contribution >= 0.6 is 0 Å². The van der Waals surface area contributed by atoms with Crippen molar-refractivity contribution < 1.29 is 0 Å². The van der Waals surface area contributed by atoms with Crippen molar-refractivity contribution in [3.63, 3.8) is 0 Å². The molecule has 108 valence electrons. The second-order valence-electron chi connectivity index (χ2n) is 6.26. The Bertz CT molecular complexity index is 672. The molecule has 3 rings (SSSR count). The van der Waals surface area contributed by atoms with Crippen LogP contribution in [0.4, 0.5) is 22.7 Å². The summed E-state index contributed by atoms with van der Waals surface area (Å²) in [6, 6.07) is 16.5. The highest BCUT2D eigenvalue weighted by Gasteiger charge is 2.23. The van der Waals surface area contributed by atoms with Crippen LogP contribution < -0.4 is 10.6 Å². The van der Waals surface area contributed by atoms with Gasteiger partial charge in [-0.05, 0) is 51.1 Å². The third-order valence-corrected chi connectivity index (χ3v) is 3.54. The second kappa shape index (κ2) is 5.24. The number of hydrogen-bond acceptors (Lipinski definition) is 3. The van der Waals surface area contributed by atoms with Gasteiger partial charge in [0.15, 0.2) is 0 Å². The van der Waals surface area contributed by atoms with Crippen molar-refractivity contribution in [1.29, 1.82) is 0 Å². The largest absolute Gasteiger partial charge is 0.378 e. The Kier molecular flexibility index (Phi) is 3.42. The third kappa shape index (κ3) is 3.24. The molecule has 0 aliphatic carbocycles. The van der Waals surface area contributed by atoms with Crippen molar-refractivity contribution in [3.05, 3.63) is 48.5 Å². The van der Waals surface area contributed by atoms with Crippen LogP contribution in [0.1, 0.15) is 27.2 Å². The maximum Gasteiger partial charge on any atom is 0.0861 e. The summed E-state index contributed by atoms with van der Waals surface area (Å²) in [6.45, 7) is 6.51. The molecule has 0 saturated heterocycles. The minimum atomic E-state index is 0.0181. The molecule has 0 atom stereocenters. The normalized spacial score (nSPS) is 16.2. The number of fused-ring (bicyclic) bond motifs is 1. The summed E-state index contributed by atoms with van der Waals surface area (Å²) >= 11 is 0. The van der Waals surface area contributed by atoms with Gasteiger partial charge in [0, 0.05) is 29.0 Å². The zero-order valence-corrected chi connectivity index (χ0v) is 12.8. The molecule has 0 amide bonds. The van der Waals surface area contributed by atoms with Gasteiger partial charge in [-0.2, -0.15) is 0 Å². The third-order valence-electron chi connectivity index (χ3n) is 3.54. The van der Waals surface area contributed by atoms with Crippen molar-refractivity contribution in [1.82, 2.24) is 0 Å². The zero-order chi connectivity index (χ0) is 14.9. The van der Waals surface area contributed by atoms with Gasteiger partial charge in [-0.1, -0.05) is 18.2 Å². The van der Waals surface area contributed by atoms with E-state index in [2.05, 4.69) is 61.7 Å². The monoisotopic (exact) mass is 279 g/mol. The molecular formula is C18H21N3. The molecule has 0 spiro atoms. The first-order valence-corrected chi connectivity index (χ1v) is 7.30. The fraction of sp³-hybridized carbons (Fsp3) is 0.278. The van der Waals surface area contributed by atoms with Crippen molar-refractivity contribution in [2.75, 3.05) is 10.6 Å². The van der Waals surface area contributed by atoms with Crippen LogP contribution in [0, 0.1) is 0 Å². The number of aliphatic imine (C=N–C) groups is 1. The predicted molar refractivity (Wildman–Crippen MR) is 91.3 cm³/mol. The zero-order valence-electron chi connectivity index (χ0n) is 12.8. The average molecular weight is 279 g/mol. The Morgan fingerprint density at radius 1 is 1.05 bits per heavy atom. The van der Waals surface area contributed by atoms with E-state index in [1.54, 1.807) is 0 Å². The van der Waals surface area contributed by atoms with Crippen molar-refractivity contribution in [3.8, 4) is 0 Å². The summed E-state index contributed by atoms with van der Waals surface area (Å²) in [4.78, 5) is 4.71. The van der Waals surface area contributed by atoms with Crippen LogP contribution in [0.25, 0.3) is 0 Å². The SMILES string of the molecule is CC1=Nc2ccc(Nc3ccccc3)cc2NC(C)(C)C1. The molecule has 21 heavy (non-hydrogen) atoms. The van der Waals surface area contributed by atoms with E-state index in [1.807, 2.05) is 18.2 Å². The lowest BCUT2D eigenvalue weighted by Gasteiger charge is -2.26. The lowest BCUT2D eigenvalue weighted by molar-refractivity contribution is 0.595. The van der Waals surface area contributed by atoms with Crippen LogP contribution in [-0.2, 0) is 0 Å². The van der Waals surface area contributed by atoms with Gasteiger partial charge < -0.3 is 10.6 Å².